The molecule has 11 nitrogen and oxygen atoms in total. The van der Waals surface area contributed by atoms with E-state index in [2.05, 4.69) is 10.3 Å². The van der Waals surface area contributed by atoms with Gasteiger partial charge in [0, 0.05) is 38.9 Å². The number of amides is 3. The van der Waals surface area contributed by atoms with Gasteiger partial charge in [-0.15, -0.1) is 0 Å². The van der Waals surface area contributed by atoms with E-state index in [9.17, 15) is 19.2 Å². The van der Waals surface area contributed by atoms with Crippen LogP contribution in [-0.4, -0.2) is 72.1 Å². The molecule has 1 aromatic carbocycles. The minimum absolute atomic E-state index is 0.133. The molecule has 214 valence electrons. The zero-order valence-corrected chi connectivity index (χ0v) is 23.1. The van der Waals surface area contributed by atoms with E-state index in [1.807, 2.05) is 44.2 Å². The summed E-state index contributed by atoms with van der Waals surface area (Å²) in [7, 11) is 0. The molecule has 1 N–H and O–H groups in total. The molecular weight excluding hydrogens is 516 g/mol. The Morgan fingerprint density at radius 3 is 2.45 bits per heavy atom. The van der Waals surface area contributed by atoms with Gasteiger partial charge in [-0.05, 0) is 17.5 Å². The molecule has 0 saturated carbocycles. The Kier molecular flexibility index (Phi) is 9.57. The van der Waals surface area contributed by atoms with E-state index < -0.39 is 24.1 Å². The minimum Gasteiger partial charge on any atom is -0.474 e. The monoisotopic (exact) mass is 552 g/mol. The summed E-state index contributed by atoms with van der Waals surface area (Å²) >= 11 is 0. The molecule has 2 atom stereocenters. The van der Waals surface area contributed by atoms with Crippen molar-refractivity contribution in [1.82, 2.24) is 15.2 Å². The van der Waals surface area contributed by atoms with Gasteiger partial charge in [-0.2, -0.15) is 0 Å². The fourth-order valence-corrected chi connectivity index (χ4v) is 4.74. The van der Waals surface area contributed by atoms with Gasteiger partial charge in [0.1, 0.15) is 24.7 Å². The van der Waals surface area contributed by atoms with Crippen molar-refractivity contribution in [2.75, 3.05) is 31.1 Å². The first kappa shape index (κ1) is 28.8. The number of hydrogen-bond donors (Lipinski definition) is 1. The number of nitrogens with zero attached hydrogens (tertiary/aromatic N) is 3. The highest BCUT2D eigenvalue weighted by Gasteiger charge is 2.37. The van der Waals surface area contributed by atoms with Crippen LogP contribution in [0.5, 0.6) is 5.88 Å². The maximum Gasteiger partial charge on any atom is 0.414 e. The lowest BCUT2D eigenvalue weighted by Crippen LogP contribution is -2.47. The number of pyridine rings is 1. The van der Waals surface area contributed by atoms with Crippen molar-refractivity contribution >= 4 is 29.6 Å². The molecule has 4 rings (SSSR count). The number of nitrogens with one attached hydrogen (secondary N) is 1. The predicted molar refractivity (Wildman–Crippen MR) is 145 cm³/mol. The van der Waals surface area contributed by atoms with Crippen LogP contribution >= 0.6 is 0 Å². The summed E-state index contributed by atoms with van der Waals surface area (Å²) in [5, 5.41) is 2.65. The van der Waals surface area contributed by atoms with Crippen LogP contribution < -0.4 is 15.0 Å². The van der Waals surface area contributed by atoms with Gasteiger partial charge in [-0.3, -0.25) is 19.3 Å². The van der Waals surface area contributed by atoms with E-state index in [4.69, 9.17) is 14.2 Å². The highest BCUT2D eigenvalue weighted by atomic mass is 16.6. The smallest absolute Gasteiger partial charge is 0.414 e. The summed E-state index contributed by atoms with van der Waals surface area (Å²) in [4.78, 5) is 56.9. The molecule has 11 heteroatoms. The van der Waals surface area contributed by atoms with Gasteiger partial charge < -0.3 is 24.4 Å². The fourth-order valence-electron chi connectivity index (χ4n) is 4.74. The van der Waals surface area contributed by atoms with E-state index in [0.717, 1.165) is 5.56 Å². The number of aromatic nitrogens is 1. The van der Waals surface area contributed by atoms with Crippen LogP contribution in [-0.2, 0) is 30.5 Å². The number of hydrogen-bond acceptors (Lipinski definition) is 8. The van der Waals surface area contributed by atoms with Crippen LogP contribution in [0.2, 0.25) is 0 Å². The highest BCUT2D eigenvalue weighted by Crippen LogP contribution is 2.25. The normalized spacial score (nSPS) is 18.3. The largest absolute Gasteiger partial charge is 0.474 e. The number of carbonyl (C=O) groups excluding carboxylic acids is 4. The lowest BCUT2D eigenvalue weighted by Gasteiger charge is -2.34. The molecule has 0 spiro atoms. The number of rotatable bonds is 10. The van der Waals surface area contributed by atoms with Gasteiger partial charge >= 0.3 is 12.1 Å². The van der Waals surface area contributed by atoms with Gasteiger partial charge in [-0.25, -0.2) is 9.78 Å². The molecule has 40 heavy (non-hydrogen) atoms. The van der Waals surface area contributed by atoms with Crippen LogP contribution in [0, 0.1) is 11.8 Å². The molecule has 2 aliphatic rings. The van der Waals surface area contributed by atoms with E-state index in [1.54, 1.807) is 23.2 Å². The molecule has 0 aliphatic carbocycles. The Bertz CT molecular complexity index is 1180. The van der Waals surface area contributed by atoms with E-state index in [-0.39, 0.29) is 37.0 Å². The summed E-state index contributed by atoms with van der Waals surface area (Å²) in [5.41, 5.74) is 1.44. The van der Waals surface area contributed by atoms with E-state index in [0.29, 0.717) is 44.0 Å². The summed E-state index contributed by atoms with van der Waals surface area (Å²) in [5.74, 6) is -1.54. The predicted octanol–water partition coefficient (Wildman–Crippen LogP) is 2.93. The third kappa shape index (κ3) is 7.49. The summed E-state index contributed by atoms with van der Waals surface area (Å²) < 4.78 is 16.8. The zero-order chi connectivity index (χ0) is 28.6. The number of esters is 1. The number of likely N-dealkylation sites (tertiary alicyclic amines) is 1. The van der Waals surface area contributed by atoms with Crippen molar-refractivity contribution in [3.8, 4) is 5.88 Å². The average molecular weight is 553 g/mol. The minimum atomic E-state index is -0.856. The second kappa shape index (κ2) is 13.3. The Labute approximate surface area is 233 Å². The topological polar surface area (TPSA) is 127 Å². The summed E-state index contributed by atoms with van der Waals surface area (Å²) in [6, 6.07) is 12.8. The zero-order valence-electron chi connectivity index (χ0n) is 23.1. The quantitative estimate of drug-likeness (QED) is 0.352. The van der Waals surface area contributed by atoms with Crippen LogP contribution in [0.3, 0.4) is 0 Å². The number of carbonyl (C=O) groups is 4. The molecule has 3 amide bonds. The maximum absolute atomic E-state index is 13.3. The number of anilines is 1. The molecule has 0 bridgehead atoms. The number of cyclic esters (lactones) is 1. The van der Waals surface area contributed by atoms with Crippen LogP contribution in [0.25, 0.3) is 0 Å². The third-order valence-electron chi connectivity index (χ3n) is 6.94. The highest BCUT2D eigenvalue weighted by molar-refractivity contribution is 5.98. The number of ether oxygens (including phenoxy) is 3. The first-order chi connectivity index (χ1) is 19.2. The van der Waals surface area contributed by atoms with E-state index >= 15 is 0 Å². The van der Waals surface area contributed by atoms with Gasteiger partial charge in [0.05, 0.1) is 25.0 Å². The Hall–Kier alpha value is -4.15. The SMILES string of the molecule is CC(=O)NCC1CN(c2ccc(OC3CCN(C(=O)C(C(=O)OCc4ccccc4)C(C)C)CC3)nc2)C(=O)O1. The van der Waals surface area contributed by atoms with Crippen molar-refractivity contribution < 1.29 is 33.4 Å². The molecule has 1 aromatic heterocycles. The Morgan fingerprint density at radius 1 is 1.10 bits per heavy atom. The molecule has 2 fully saturated rings. The van der Waals surface area contributed by atoms with Gasteiger partial charge in [0.15, 0.2) is 0 Å². The molecule has 2 unspecified atom stereocenters. The third-order valence-corrected chi connectivity index (χ3v) is 6.94. The summed E-state index contributed by atoms with van der Waals surface area (Å²) in [6.45, 7) is 6.73. The molecule has 2 aliphatic heterocycles. The number of piperidine rings is 1. The molecule has 3 heterocycles. The van der Waals surface area contributed by atoms with Gasteiger partial charge in [0.2, 0.25) is 17.7 Å². The first-order valence-electron chi connectivity index (χ1n) is 13.6. The average Bonchev–Trinajstić information content (AvgIpc) is 3.32. The lowest BCUT2D eigenvalue weighted by molar-refractivity contribution is -0.159. The van der Waals surface area contributed by atoms with Crippen molar-refractivity contribution in [3.05, 3.63) is 54.2 Å². The van der Waals surface area contributed by atoms with E-state index in [1.165, 1.54) is 11.8 Å². The summed E-state index contributed by atoms with van der Waals surface area (Å²) in [6.07, 6.45) is 1.69. The van der Waals surface area contributed by atoms with Crippen molar-refractivity contribution in [3.63, 3.8) is 0 Å². The molecule has 2 aromatic rings. The van der Waals surface area contributed by atoms with Crippen LogP contribution in [0.4, 0.5) is 10.5 Å². The fraction of sp³-hybridized carbons (Fsp3) is 0.483. The first-order valence-corrected chi connectivity index (χ1v) is 13.6. The second-order valence-corrected chi connectivity index (χ2v) is 10.4. The van der Waals surface area contributed by atoms with Crippen molar-refractivity contribution in [1.29, 1.82) is 0 Å². The standard InChI is InChI=1S/C29H36N4O7/c1-19(2)26(28(36)38-18-21-7-5-4-6-8-21)27(35)32-13-11-23(12-14-32)39-25-10-9-22(15-31-25)33-17-24(40-29(33)37)16-30-20(3)34/h4-10,15,19,23-24,26H,11-14,16-18H2,1-3H3,(H,30,34). The molecule has 0 radical (unpaired) electrons. The number of benzene rings is 1. The van der Waals surface area contributed by atoms with Crippen molar-refractivity contribution in [2.24, 2.45) is 11.8 Å². The van der Waals surface area contributed by atoms with Crippen molar-refractivity contribution in [2.45, 2.75) is 52.4 Å². The molecular formula is C29H36N4O7. The van der Waals surface area contributed by atoms with Gasteiger partial charge in [-0.1, -0.05) is 44.2 Å². The Balaban J connectivity index is 1.25. The second-order valence-electron chi connectivity index (χ2n) is 10.4. The van der Waals surface area contributed by atoms with Gasteiger partial charge in [0.25, 0.3) is 0 Å². The van der Waals surface area contributed by atoms with Crippen LogP contribution in [0.1, 0.15) is 39.2 Å². The molecule has 2 saturated heterocycles. The maximum atomic E-state index is 13.3. The van der Waals surface area contributed by atoms with Crippen LogP contribution in [0.15, 0.2) is 48.7 Å². The Morgan fingerprint density at radius 2 is 1.82 bits per heavy atom. The lowest BCUT2D eigenvalue weighted by atomic mass is 9.93.